The summed E-state index contributed by atoms with van der Waals surface area (Å²) in [4.78, 5) is 10.1. The van der Waals surface area contributed by atoms with Crippen molar-refractivity contribution in [3.63, 3.8) is 0 Å². The molecule has 0 spiro atoms. The Balaban J connectivity index is 2.88. The van der Waals surface area contributed by atoms with Crippen LogP contribution in [0.15, 0.2) is 18.2 Å². The van der Waals surface area contributed by atoms with Crippen LogP contribution in [0.1, 0.15) is 31.9 Å². The van der Waals surface area contributed by atoms with Crippen LogP contribution in [0.2, 0.25) is 0 Å². The van der Waals surface area contributed by atoms with Gasteiger partial charge in [0.2, 0.25) is 0 Å². The van der Waals surface area contributed by atoms with E-state index in [9.17, 15) is 15.2 Å². The van der Waals surface area contributed by atoms with E-state index in [0.29, 0.717) is 24.3 Å². The smallest absolute Gasteiger partial charge is 0.270 e. The first-order chi connectivity index (χ1) is 8.56. The van der Waals surface area contributed by atoms with Crippen LogP contribution in [0.25, 0.3) is 0 Å². The van der Waals surface area contributed by atoms with Gasteiger partial charge in [0.05, 0.1) is 17.6 Å². The van der Waals surface area contributed by atoms with Crippen LogP contribution in [-0.4, -0.2) is 16.6 Å². The van der Waals surface area contributed by atoms with Gasteiger partial charge in [-0.2, -0.15) is 0 Å². The van der Waals surface area contributed by atoms with Gasteiger partial charge >= 0.3 is 0 Å². The highest BCUT2D eigenvalue weighted by atomic mass is 16.6. The van der Waals surface area contributed by atoms with Gasteiger partial charge in [-0.05, 0) is 19.9 Å². The fourth-order valence-corrected chi connectivity index (χ4v) is 1.44. The lowest BCUT2D eigenvalue weighted by atomic mass is 10.1. The van der Waals surface area contributed by atoms with Gasteiger partial charge in [-0.3, -0.25) is 10.1 Å². The number of nitrogens with zero attached hydrogens (tertiary/aromatic N) is 1. The van der Waals surface area contributed by atoms with E-state index in [1.807, 2.05) is 0 Å². The quantitative estimate of drug-likeness (QED) is 0.376. The molecule has 5 heteroatoms. The molecule has 0 aliphatic heterocycles. The first-order valence-electron chi connectivity index (χ1n) is 5.55. The van der Waals surface area contributed by atoms with E-state index < -0.39 is 11.0 Å². The molecule has 1 rings (SSSR count). The first-order valence-corrected chi connectivity index (χ1v) is 5.55. The van der Waals surface area contributed by atoms with Crippen molar-refractivity contribution in [2.75, 3.05) is 6.61 Å². The Hall–Kier alpha value is -2.06. The average molecular weight is 249 g/mol. The summed E-state index contributed by atoms with van der Waals surface area (Å²) in [5, 5.41) is 20.2. The van der Waals surface area contributed by atoms with Crippen molar-refractivity contribution in [1.29, 1.82) is 0 Å². The summed E-state index contributed by atoms with van der Waals surface area (Å²) in [6.07, 6.45) is -0.246. The summed E-state index contributed by atoms with van der Waals surface area (Å²) < 4.78 is 5.45. The van der Waals surface area contributed by atoms with E-state index in [1.54, 1.807) is 6.92 Å². The second-order valence-corrected chi connectivity index (χ2v) is 3.68. The van der Waals surface area contributed by atoms with Crippen LogP contribution < -0.4 is 4.74 Å². The number of nitro groups is 1. The minimum atomic E-state index is -0.822. The molecular weight excluding hydrogens is 234 g/mol. The molecule has 0 bridgehead atoms. The predicted molar refractivity (Wildman–Crippen MR) is 67.3 cm³/mol. The van der Waals surface area contributed by atoms with Crippen LogP contribution in [0.4, 0.5) is 5.69 Å². The molecule has 0 aromatic heterocycles. The standard InChI is InChI=1S/C13H15NO4/c1-3-4-5-8-18-13-7-6-11(14(16)17)9-12(13)10(2)15/h6-7,9-10,15H,5,8H2,1-2H3/t10-/m0/s1. The number of aliphatic hydroxyl groups excluding tert-OH is 1. The first kappa shape index (κ1) is 14.0. The third kappa shape index (κ3) is 3.75. The maximum absolute atomic E-state index is 10.7. The average Bonchev–Trinajstić information content (AvgIpc) is 2.34. The van der Waals surface area contributed by atoms with Crippen molar-refractivity contribution in [1.82, 2.24) is 0 Å². The molecule has 5 nitrogen and oxygen atoms in total. The highest BCUT2D eigenvalue weighted by molar-refractivity contribution is 5.44. The van der Waals surface area contributed by atoms with Gasteiger partial charge in [0.1, 0.15) is 5.75 Å². The van der Waals surface area contributed by atoms with Crippen molar-refractivity contribution in [2.24, 2.45) is 0 Å². The molecule has 0 fully saturated rings. The summed E-state index contributed by atoms with van der Waals surface area (Å²) in [7, 11) is 0. The van der Waals surface area contributed by atoms with Crippen LogP contribution in [0.3, 0.4) is 0 Å². The number of aliphatic hydroxyl groups is 1. The second-order valence-electron chi connectivity index (χ2n) is 3.68. The lowest BCUT2D eigenvalue weighted by Gasteiger charge is -2.12. The molecule has 0 heterocycles. The fourth-order valence-electron chi connectivity index (χ4n) is 1.44. The van der Waals surface area contributed by atoms with Gasteiger partial charge in [-0.1, -0.05) is 0 Å². The van der Waals surface area contributed by atoms with Gasteiger partial charge < -0.3 is 9.84 Å². The van der Waals surface area contributed by atoms with E-state index in [-0.39, 0.29) is 5.69 Å². The van der Waals surface area contributed by atoms with E-state index >= 15 is 0 Å². The minimum absolute atomic E-state index is 0.0633. The number of hydrogen-bond acceptors (Lipinski definition) is 4. The van der Waals surface area contributed by atoms with Crippen LogP contribution in [-0.2, 0) is 0 Å². The highest BCUT2D eigenvalue weighted by Gasteiger charge is 2.15. The third-order valence-electron chi connectivity index (χ3n) is 2.32. The van der Waals surface area contributed by atoms with Crippen molar-refractivity contribution in [2.45, 2.75) is 26.4 Å². The molecule has 0 saturated heterocycles. The largest absolute Gasteiger partial charge is 0.492 e. The molecule has 0 saturated carbocycles. The normalized spacial score (nSPS) is 11.3. The Kier molecular flexibility index (Phi) is 5.15. The van der Waals surface area contributed by atoms with E-state index in [4.69, 9.17) is 4.74 Å². The van der Waals surface area contributed by atoms with Gasteiger partial charge in [-0.15, -0.1) is 11.8 Å². The number of non-ortho nitro benzene ring substituents is 1. The molecule has 96 valence electrons. The van der Waals surface area contributed by atoms with E-state index in [1.165, 1.54) is 25.1 Å². The molecule has 1 N–H and O–H groups in total. The number of ether oxygens (including phenoxy) is 1. The second kappa shape index (κ2) is 6.62. The Morgan fingerprint density at radius 2 is 2.28 bits per heavy atom. The van der Waals surface area contributed by atoms with E-state index in [0.717, 1.165) is 0 Å². The van der Waals surface area contributed by atoms with Gasteiger partial charge in [0.25, 0.3) is 5.69 Å². The Bertz CT molecular complexity index is 485. The zero-order valence-corrected chi connectivity index (χ0v) is 10.3. The summed E-state index contributed by atoms with van der Waals surface area (Å²) in [6.45, 7) is 3.67. The van der Waals surface area contributed by atoms with Crippen LogP contribution in [0.5, 0.6) is 5.75 Å². The molecule has 0 amide bonds. The number of rotatable bonds is 5. The highest BCUT2D eigenvalue weighted by Crippen LogP contribution is 2.29. The molecule has 0 aliphatic rings. The Morgan fingerprint density at radius 3 is 2.83 bits per heavy atom. The monoisotopic (exact) mass is 249 g/mol. The van der Waals surface area contributed by atoms with Gasteiger partial charge in [0.15, 0.2) is 0 Å². The Morgan fingerprint density at radius 1 is 1.56 bits per heavy atom. The van der Waals surface area contributed by atoms with Crippen LogP contribution in [0, 0.1) is 22.0 Å². The molecule has 1 atom stereocenters. The zero-order chi connectivity index (χ0) is 13.5. The SMILES string of the molecule is CC#CCCOc1ccc([N+](=O)[O-])cc1[C@H](C)O. The molecular formula is C13H15NO4. The van der Waals surface area contributed by atoms with E-state index in [2.05, 4.69) is 11.8 Å². The van der Waals surface area contributed by atoms with Gasteiger partial charge in [-0.25, -0.2) is 0 Å². The van der Waals surface area contributed by atoms with Crippen molar-refractivity contribution >= 4 is 5.69 Å². The topological polar surface area (TPSA) is 72.6 Å². The van der Waals surface area contributed by atoms with Crippen molar-refractivity contribution in [3.8, 4) is 17.6 Å². The summed E-state index contributed by atoms with van der Waals surface area (Å²) in [5.74, 6) is 6.05. The van der Waals surface area contributed by atoms with Gasteiger partial charge in [0, 0.05) is 24.1 Å². The fraction of sp³-hybridized carbons (Fsp3) is 0.385. The maximum Gasteiger partial charge on any atom is 0.270 e. The molecule has 0 aliphatic carbocycles. The molecule has 0 radical (unpaired) electrons. The van der Waals surface area contributed by atoms with Crippen LogP contribution >= 0.6 is 0 Å². The third-order valence-corrected chi connectivity index (χ3v) is 2.32. The summed E-state index contributed by atoms with van der Waals surface area (Å²) in [6, 6.07) is 4.18. The van der Waals surface area contributed by atoms with Crippen molar-refractivity contribution in [3.05, 3.63) is 33.9 Å². The number of benzene rings is 1. The summed E-state index contributed by atoms with van der Waals surface area (Å²) >= 11 is 0. The molecule has 1 aromatic rings. The minimum Gasteiger partial charge on any atom is -0.492 e. The number of hydrogen-bond donors (Lipinski definition) is 1. The lowest BCUT2D eigenvalue weighted by molar-refractivity contribution is -0.385. The molecule has 18 heavy (non-hydrogen) atoms. The number of nitro benzene ring substituents is 1. The Labute approximate surface area is 106 Å². The lowest BCUT2D eigenvalue weighted by Crippen LogP contribution is -2.02. The summed E-state index contributed by atoms with van der Waals surface area (Å²) in [5.41, 5.74) is 0.347. The molecule has 0 unspecified atom stereocenters. The maximum atomic E-state index is 10.7. The molecule has 1 aromatic carbocycles. The zero-order valence-electron chi connectivity index (χ0n) is 10.3. The predicted octanol–water partition coefficient (Wildman–Crippen LogP) is 2.44. The van der Waals surface area contributed by atoms with Crippen molar-refractivity contribution < 1.29 is 14.8 Å².